The molecule has 5 rings (SSSR count). The molecule has 2 aromatic carbocycles. The number of aromatic hydroxyl groups is 1. The van der Waals surface area contributed by atoms with Crippen molar-refractivity contribution >= 4 is 23.1 Å². The predicted octanol–water partition coefficient (Wildman–Crippen LogP) is 7.96. The van der Waals surface area contributed by atoms with Crippen LogP contribution in [0.15, 0.2) is 48.6 Å². The number of ether oxygens (including phenoxy) is 4. The first-order chi connectivity index (χ1) is 20.0. The van der Waals surface area contributed by atoms with E-state index in [1.54, 1.807) is 24.3 Å². The van der Waals surface area contributed by atoms with Crippen LogP contribution in [0.4, 0.5) is 0 Å². The SMILES string of the molecule is COC(=O)c1ccc(O)c(C2=CCCC2(C)C)c1.COC(=O)c1ccc(OC2CCCCO2)c(C2=CCCC2(C)C)c1. The molecule has 1 aliphatic heterocycles. The van der Waals surface area contributed by atoms with Gasteiger partial charge in [0, 0.05) is 17.5 Å². The quantitative estimate of drug-likeness (QED) is 0.349. The fourth-order valence-corrected chi connectivity index (χ4v) is 5.96. The van der Waals surface area contributed by atoms with Crippen LogP contribution in [0.3, 0.4) is 0 Å². The fourth-order valence-electron chi connectivity index (χ4n) is 5.96. The van der Waals surface area contributed by atoms with Crippen LogP contribution in [-0.4, -0.2) is 44.2 Å². The van der Waals surface area contributed by atoms with Crippen LogP contribution >= 0.6 is 0 Å². The Morgan fingerprint density at radius 1 is 0.810 bits per heavy atom. The van der Waals surface area contributed by atoms with Crippen molar-refractivity contribution in [3.63, 3.8) is 0 Å². The van der Waals surface area contributed by atoms with Gasteiger partial charge in [-0.25, -0.2) is 9.59 Å². The van der Waals surface area contributed by atoms with Crippen molar-refractivity contribution in [3.05, 3.63) is 70.8 Å². The Morgan fingerprint density at radius 3 is 1.86 bits per heavy atom. The number of benzene rings is 2. The molecular formula is C35H44O7. The van der Waals surface area contributed by atoms with Crippen LogP contribution in [0.1, 0.15) is 104 Å². The highest BCUT2D eigenvalue weighted by atomic mass is 16.7. The van der Waals surface area contributed by atoms with Gasteiger partial charge in [0.05, 0.1) is 32.0 Å². The second-order valence-electron chi connectivity index (χ2n) is 12.4. The third-order valence-electron chi connectivity index (χ3n) is 8.49. The molecule has 0 amide bonds. The standard InChI is InChI=1S/C20H26O4.C15H18O3/c1-20(2)11-6-7-16(20)15-13-14(19(21)22-3)9-10-17(15)24-18-8-4-5-12-23-18;1-15(2)8-4-5-12(15)11-9-10(14(17)18-3)6-7-13(11)16/h7,9-10,13,18H,4-6,8,11-12H2,1-3H3;5-7,9,16H,4,8H2,1-3H3. The maximum atomic E-state index is 11.9. The van der Waals surface area contributed by atoms with E-state index in [9.17, 15) is 14.7 Å². The largest absolute Gasteiger partial charge is 0.507 e. The molecule has 1 atom stereocenters. The lowest BCUT2D eigenvalue weighted by atomic mass is 9.81. The zero-order valence-electron chi connectivity index (χ0n) is 25.7. The maximum absolute atomic E-state index is 11.9. The normalized spacial score (nSPS) is 20.5. The minimum absolute atomic E-state index is 0.0340. The number of rotatable bonds is 6. The second kappa shape index (κ2) is 13.2. The Bertz CT molecular complexity index is 1360. The minimum atomic E-state index is -0.382. The van der Waals surface area contributed by atoms with Crippen LogP contribution in [0, 0.1) is 10.8 Å². The van der Waals surface area contributed by atoms with Crippen LogP contribution < -0.4 is 4.74 Å². The molecule has 0 spiro atoms. The maximum Gasteiger partial charge on any atom is 0.337 e. The van der Waals surface area contributed by atoms with Crippen LogP contribution in [0.2, 0.25) is 0 Å². The molecule has 3 aliphatic rings. The van der Waals surface area contributed by atoms with E-state index in [1.165, 1.54) is 19.8 Å². The van der Waals surface area contributed by atoms with Gasteiger partial charge in [0.1, 0.15) is 11.5 Å². The zero-order valence-corrected chi connectivity index (χ0v) is 25.7. The molecule has 1 fully saturated rings. The Morgan fingerprint density at radius 2 is 1.36 bits per heavy atom. The van der Waals surface area contributed by atoms with E-state index in [-0.39, 0.29) is 34.8 Å². The van der Waals surface area contributed by atoms with E-state index in [0.717, 1.165) is 74.0 Å². The van der Waals surface area contributed by atoms with E-state index < -0.39 is 0 Å². The molecule has 0 radical (unpaired) electrons. The van der Waals surface area contributed by atoms with Gasteiger partial charge in [-0.15, -0.1) is 0 Å². The summed E-state index contributed by atoms with van der Waals surface area (Å²) >= 11 is 0. The molecule has 1 unspecified atom stereocenters. The van der Waals surface area contributed by atoms with Crippen molar-refractivity contribution in [2.75, 3.05) is 20.8 Å². The number of carbonyl (C=O) groups excluding carboxylic acids is 2. The molecular weight excluding hydrogens is 532 g/mol. The van der Waals surface area contributed by atoms with Crippen molar-refractivity contribution in [2.45, 2.75) is 78.9 Å². The number of carbonyl (C=O) groups is 2. The Balaban J connectivity index is 0.000000201. The van der Waals surface area contributed by atoms with Crippen molar-refractivity contribution < 1.29 is 33.6 Å². The molecule has 0 aromatic heterocycles. The van der Waals surface area contributed by atoms with Crippen molar-refractivity contribution in [1.29, 1.82) is 0 Å². The Kier molecular flexibility index (Phi) is 9.82. The van der Waals surface area contributed by atoms with Gasteiger partial charge >= 0.3 is 11.9 Å². The van der Waals surface area contributed by atoms with E-state index in [4.69, 9.17) is 18.9 Å². The molecule has 2 aromatic rings. The molecule has 226 valence electrons. The second-order valence-corrected chi connectivity index (χ2v) is 12.4. The summed E-state index contributed by atoms with van der Waals surface area (Å²) in [6.45, 7) is 9.51. The first kappa shape index (κ1) is 31.4. The fraction of sp³-hybridized carbons (Fsp3) is 0.486. The summed E-state index contributed by atoms with van der Waals surface area (Å²) < 4.78 is 21.4. The van der Waals surface area contributed by atoms with Gasteiger partial charge in [-0.1, -0.05) is 39.8 Å². The predicted molar refractivity (Wildman–Crippen MR) is 163 cm³/mol. The smallest absolute Gasteiger partial charge is 0.337 e. The zero-order chi connectivity index (χ0) is 30.5. The number of hydrogen-bond acceptors (Lipinski definition) is 7. The molecule has 7 nitrogen and oxygen atoms in total. The summed E-state index contributed by atoms with van der Waals surface area (Å²) in [4.78, 5) is 23.5. The third-order valence-corrected chi connectivity index (χ3v) is 8.49. The first-order valence-electron chi connectivity index (χ1n) is 14.8. The molecule has 7 heteroatoms. The molecule has 1 saturated heterocycles. The first-order valence-corrected chi connectivity index (χ1v) is 14.8. The summed E-state index contributed by atoms with van der Waals surface area (Å²) in [7, 11) is 2.76. The molecule has 0 bridgehead atoms. The van der Waals surface area contributed by atoms with Gasteiger partial charge < -0.3 is 24.1 Å². The average Bonchev–Trinajstić information content (AvgIpc) is 3.52. The number of allylic oxidation sites excluding steroid dienone is 4. The third kappa shape index (κ3) is 7.06. The minimum Gasteiger partial charge on any atom is -0.507 e. The summed E-state index contributed by atoms with van der Waals surface area (Å²) in [5.41, 5.74) is 5.17. The van der Waals surface area contributed by atoms with Gasteiger partial charge in [0.2, 0.25) is 0 Å². The highest BCUT2D eigenvalue weighted by Gasteiger charge is 2.32. The lowest BCUT2D eigenvalue weighted by Gasteiger charge is -2.28. The number of phenols is 1. The summed E-state index contributed by atoms with van der Waals surface area (Å²) in [6, 6.07) is 10.4. The Hall–Kier alpha value is -3.58. The van der Waals surface area contributed by atoms with Crippen molar-refractivity contribution in [1.82, 2.24) is 0 Å². The number of hydrogen-bond donors (Lipinski definition) is 1. The van der Waals surface area contributed by atoms with Crippen LogP contribution in [0.5, 0.6) is 11.5 Å². The molecule has 1 heterocycles. The highest BCUT2D eigenvalue weighted by molar-refractivity contribution is 5.92. The number of esters is 2. The van der Waals surface area contributed by atoms with Gasteiger partial charge in [0.25, 0.3) is 0 Å². The lowest BCUT2D eigenvalue weighted by Crippen LogP contribution is -2.25. The van der Waals surface area contributed by atoms with Gasteiger partial charge in [-0.2, -0.15) is 0 Å². The summed E-state index contributed by atoms with van der Waals surface area (Å²) in [5, 5.41) is 9.99. The van der Waals surface area contributed by atoms with Gasteiger partial charge in [-0.3, -0.25) is 0 Å². The van der Waals surface area contributed by atoms with Gasteiger partial charge in [0.15, 0.2) is 6.29 Å². The van der Waals surface area contributed by atoms with Crippen molar-refractivity contribution in [2.24, 2.45) is 10.8 Å². The number of methoxy groups -OCH3 is 2. The summed E-state index contributed by atoms with van der Waals surface area (Å²) in [6.07, 6.45) is 11.5. The van der Waals surface area contributed by atoms with Crippen molar-refractivity contribution in [3.8, 4) is 11.5 Å². The van der Waals surface area contributed by atoms with E-state index in [0.29, 0.717) is 11.1 Å². The topological polar surface area (TPSA) is 91.3 Å². The molecule has 42 heavy (non-hydrogen) atoms. The summed E-state index contributed by atoms with van der Waals surface area (Å²) in [5.74, 6) is 0.292. The number of phenolic OH excluding ortho intramolecular Hbond substituents is 1. The Labute approximate surface area is 249 Å². The van der Waals surface area contributed by atoms with E-state index in [2.05, 4.69) is 39.8 Å². The highest BCUT2D eigenvalue weighted by Crippen LogP contribution is 2.48. The molecule has 0 saturated carbocycles. The molecule has 1 N–H and O–H groups in total. The van der Waals surface area contributed by atoms with E-state index in [1.807, 2.05) is 12.1 Å². The lowest BCUT2D eigenvalue weighted by molar-refractivity contribution is -0.106. The molecule has 2 aliphatic carbocycles. The van der Waals surface area contributed by atoms with Crippen LogP contribution in [-0.2, 0) is 14.2 Å². The average molecular weight is 577 g/mol. The monoisotopic (exact) mass is 576 g/mol. The van der Waals surface area contributed by atoms with E-state index >= 15 is 0 Å². The van der Waals surface area contributed by atoms with Gasteiger partial charge in [-0.05, 0) is 96.9 Å². The van der Waals surface area contributed by atoms with Crippen LogP contribution in [0.25, 0.3) is 11.1 Å².